The fourth-order valence-electron chi connectivity index (χ4n) is 5.45. The zero-order valence-corrected chi connectivity index (χ0v) is 19.0. The number of ether oxygens (including phenoxy) is 1. The van der Waals surface area contributed by atoms with Crippen molar-refractivity contribution in [2.24, 2.45) is 29.6 Å². The number of pyridine rings is 1. The Morgan fingerprint density at radius 2 is 2.00 bits per heavy atom. The summed E-state index contributed by atoms with van der Waals surface area (Å²) in [5, 5.41) is 1.07. The van der Waals surface area contributed by atoms with E-state index >= 15 is 0 Å². The highest BCUT2D eigenvalue weighted by Crippen LogP contribution is 2.50. The summed E-state index contributed by atoms with van der Waals surface area (Å²) in [5.74, 6) is 1.61. The number of halogens is 2. The highest BCUT2D eigenvalue weighted by molar-refractivity contribution is 6.43. The SMILES string of the molecule is CC[C@H]1[C@H](C=Cc2ccc(-c3cccc(Cl)c3Cl)cn2)[C@@H]2[C@@H](C)OC(=O)[C@@H]2C[C@@H]1C. The van der Waals surface area contributed by atoms with Gasteiger partial charge in [-0.15, -0.1) is 0 Å². The number of cyclic esters (lactones) is 1. The molecule has 0 spiro atoms. The quantitative estimate of drug-likeness (QED) is 0.480. The van der Waals surface area contributed by atoms with Crippen molar-refractivity contribution >= 4 is 35.2 Å². The summed E-state index contributed by atoms with van der Waals surface area (Å²) in [6.07, 6.45) is 8.17. The monoisotopic (exact) mass is 443 g/mol. The van der Waals surface area contributed by atoms with Gasteiger partial charge in [-0.05, 0) is 49.3 Å². The Morgan fingerprint density at radius 3 is 2.70 bits per heavy atom. The predicted octanol–water partition coefficient (Wildman–Crippen LogP) is 6.93. The van der Waals surface area contributed by atoms with E-state index in [1.807, 2.05) is 37.4 Å². The topological polar surface area (TPSA) is 39.2 Å². The van der Waals surface area contributed by atoms with Gasteiger partial charge in [-0.3, -0.25) is 9.78 Å². The van der Waals surface area contributed by atoms with Gasteiger partial charge in [0, 0.05) is 23.2 Å². The molecule has 1 aliphatic heterocycles. The van der Waals surface area contributed by atoms with Gasteiger partial charge in [0.25, 0.3) is 0 Å². The van der Waals surface area contributed by atoms with Gasteiger partial charge in [0.15, 0.2) is 0 Å². The van der Waals surface area contributed by atoms with Crippen LogP contribution in [0.1, 0.15) is 39.3 Å². The fraction of sp³-hybridized carbons (Fsp3) is 0.440. The first-order valence-electron chi connectivity index (χ1n) is 10.7. The molecule has 2 aliphatic rings. The lowest BCUT2D eigenvalue weighted by Gasteiger charge is -2.41. The van der Waals surface area contributed by atoms with Crippen LogP contribution in [0.5, 0.6) is 0 Å². The summed E-state index contributed by atoms with van der Waals surface area (Å²) in [7, 11) is 0. The molecule has 4 rings (SSSR count). The molecular formula is C25H27Cl2NO2. The van der Waals surface area contributed by atoms with Gasteiger partial charge in [-0.2, -0.15) is 0 Å². The van der Waals surface area contributed by atoms with Crippen LogP contribution in [0.4, 0.5) is 0 Å². The van der Waals surface area contributed by atoms with Crippen molar-refractivity contribution in [2.45, 2.75) is 39.7 Å². The summed E-state index contributed by atoms with van der Waals surface area (Å²) >= 11 is 12.5. The van der Waals surface area contributed by atoms with Crippen LogP contribution in [0.3, 0.4) is 0 Å². The molecule has 30 heavy (non-hydrogen) atoms. The van der Waals surface area contributed by atoms with Crippen molar-refractivity contribution in [3.8, 4) is 11.1 Å². The highest BCUT2D eigenvalue weighted by atomic mass is 35.5. The summed E-state index contributed by atoms with van der Waals surface area (Å²) < 4.78 is 5.61. The number of esters is 1. The molecule has 0 bridgehead atoms. The van der Waals surface area contributed by atoms with E-state index in [1.54, 1.807) is 6.07 Å². The van der Waals surface area contributed by atoms with Gasteiger partial charge in [0.05, 0.1) is 21.7 Å². The van der Waals surface area contributed by atoms with Crippen LogP contribution in [0.2, 0.25) is 10.0 Å². The fourth-order valence-corrected chi connectivity index (χ4v) is 5.86. The molecule has 1 aromatic carbocycles. The summed E-state index contributed by atoms with van der Waals surface area (Å²) in [4.78, 5) is 16.9. The molecule has 0 radical (unpaired) electrons. The molecule has 3 nitrogen and oxygen atoms in total. The molecule has 6 atom stereocenters. The number of benzene rings is 1. The minimum absolute atomic E-state index is 0.0202. The average molecular weight is 444 g/mol. The van der Waals surface area contributed by atoms with Gasteiger partial charge >= 0.3 is 5.97 Å². The van der Waals surface area contributed by atoms with Gasteiger partial charge in [0.1, 0.15) is 6.10 Å². The first-order chi connectivity index (χ1) is 14.4. The Hall–Kier alpha value is -1.84. The molecule has 1 saturated carbocycles. The van der Waals surface area contributed by atoms with E-state index in [1.165, 1.54) is 0 Å². The van der Waals surface area contributed by atoms with Gasteiger partial charge in [0.2, 0.25) is 0 Å². The molecule has 2 fully saturated rings. The van der Waals surface area contributed by atoms with Crippen LogP contribution >= 0.6 is 23.2 Å². The first kappa shape index (κ1) is 21.4. The van der Waals surface area contributed by atoms with Crippen LogP contribution in [0.25, 0.3) is 17.2 Å². The molecule has 0 N–H and O–H groups in total. The number of nitrogens with zero attached hydrogens (tertiary/aromatic N) is 1. The van der Waals surface area contributed by atoms with Crippen molar-refractivity contribution < 1.29 is 9.53 Å². The second-order valence-corrected chi connectivity index (χ2v) is 9.41. The van der Waals surface area contributed by atoms with E-state index < -0.39 is 0 Å². The Kier molecular flexibility index (Phi) is 6.22. The number of carbonyl (C=O) groups is 1. The third-order valence-electron chi connectivity index (χ3n) is 6.92. The van der Waals surface area contributed by atoms with E-state index in [4.69, 9.17) is 27.9 Å². The standard InChI is InChI=1S/C25H27Cl2NO2/c1-4-18-14(2)12-21-23(15(3)30-25(21)29)20(18)11-10-17-9-8-16(13-28-17)19-6-5-7-22(26)24(19)27/h5-11,13-15,18,20-21,23H,4,12H2,1-3H3/t14-,15+,18+,20-,21+,23-/m0/s1. The lowest BCUT2D eigenvalue weighted by atomic mass is 9.61. The average Bonchev–Trinajstić information content (AvgIpc) is 3.01. The number of aromatic nitrogens is 1. The number of hydrogen-bond acceptors (Lipinski definition) is 3. The van der Waals surface area contributed by atoms with E-state index in [0.717, 1.165) is 29.7 Å². The van der Waals surface area contributed by atoms with Crippen molar-refractivity contribution in [3.05, 3.63) is 58.3 Å². The van der Waals surface area contributed by atoms with Crippen molar-refractivity contribution in [1.29, 1.82) is 0 Å². The predicted molar refractivity (Wildman–Crippen MR) is 122 cm³/mol. The summed E-state index contributed by atoms with van der Waals surface area (Å²) in [5.41, 5.74) is 2.69. The van der Waals surface area contributed by atoms with E-state index in [2.05, 4.69) is 31.0 Å². The minimum Gasteiger partial charge on any atom is -0.462 e. The third kappa shape index (κ3) is 3.90. The maximum absolute atomic E-state index is 12.3. The summed E-state index contributed by atoms with van der Waals surface area (Å²) in [6.45, 7) is 6.55. The van der Waals surface area contributed by atoms with Crippen molar-refractivity contribution in [1.82, 2.24) is 4.98 Å². The Balaban J connectivity index is 1.58. The van der Waals surface area contributed by atoms with Crippen LogP contribution in [-0.2, 0) is 9.53 Å². The van der Waals surface area contributed by atoms with Crippen LogP contribution < -0.4 is 0 Å². The maximum Gasteiger partial charge on any atom is 0.309 e. The van der Waals surface area contributed by atoms with E-state index in [9.17, 15) is 4.79 Å². The Labute approximate surface area is 188 Å². The molecule has 0 unspecified atom stereocenters. The molecule has 2 aromatic rings. The van der Waals surface area contributed by atoms with E-state index in [0.29, 0.717) is 27.8 Å². The number of allylic oxidation sites excluding steroid dienone is 1. The molecule has 1 aromatic heterocycles. The van der Waals surface area contributed by atoms with Gasteiger partial charge in [-0.25, -0.2) is 0 Å². The van der Waals surface area contributed by atoms with Crippen molar-refractivity contribution in [3.63, 3.8) is 0 Å². The van der Waals surface area contributed by atoms with E-state index in [-0.39, 0.29) is 23.9 Å². The molecule has 2 heterocycles. The van der Waals surface area contributed by atoms with Crippen LogP contribution in [0.15, 0.2) is 42.6 Å². The lowest BCUT2D eigenvalue weighted by Crippen LogP contribution is -2.40. The number of carbonyl (C=O) groups excluding carboxylic acids is 1. The molecule has 5 heteroatoms. The number of rotatable bonds is 4. The van der Waals surface area contributed by atoms with Crippen molar-refractivity contribution in [2.75, 3.05) is 0 Å². The second kappa shape index (κ2) is 8.72. The largest absolute Gasteiger partial charge is 0.462 e. The summed E-state index contributed by atoms with van der Waals surface area (Å²) in [6, 6.07) is 9.61. The minimum atomic E-state index is -0.0287. The number of hydrogen-bond donors (Lipinski definition) is 0. The van der Waals surface area contributed by atoms with Crippen LogP contribution in [-0.4, -0.2) is 17.1 Å². The van der Waals surface area contributed by atoms with Crippen LogP contribution in [0, 0.1) is 29.6 Å². The lowest BCUT2D eigenvalue weighted by molar-refractivity contribution is -0.144. The molecule has 1 saturated heterocycles. The first-order valence-corrected chi connectivity index (χ1v) is 11.5. The molecule has 1 aliphatic carbocycles. The molecular weight excluding hydrogens is 417 g/mol. The third-order valence-corrected chi connectivity index (χ3v) is 7.74. The maximum atomic E-state index is 12.3. The van der Waals surface area contributed by atoms with Gasteiger partial charge in [-0.1, -0.05) is 67.7 Å². The normalized spacial score (nSPS) is 31.0. The zero-order chi connectivity index (χ0) is 21.4. The molecule has 0 amide bonds. The second-order valence-electron chi connectivity index (χ2n) is 8.62. The highest BCUT2D eigenvalue weighted by Gasteiger charge is 2.52. The van der Waals surface area contributed by atoms with Gasteiger partial charge < -0.3 is 4.74 Å². The zero-order valence-electron chi connectivity index (χ0n) is 17.5. The molecule has 158 valence electrons. The smallest absolute Gasteiger partial charge is 0.309 e. The Bertz CT molecular complexity index is 956. The Morgan fingerprint density at radius 1 is 1.20 bits per heavy atom. The number of fused-ring (bicyclic) bond motifs is 1.